The highest BCUT2D eigenvalue weighted by Gasteiger charge is 2.11. The molecule has 0 atom stereocenters. The minimum atomic E-state index is -0.198. The standard InChI is InChI=1S/C13H13BrClN3OS/c14-12-4-2-9(20-12)5-6-17-13(19)10-7-8(15)1-3-11(10)18-16/h1-4,7,18H,5-6,16H2,(H,17,19). The molecule has 0 saturated heterocycles. The van der Waals surface area contributed by atoms with E-state index in [0.717, 1.165) is 10.2 Å². The van der Waals surface area contributed by atoms with Crippen molar-refractivity contribution in [2.45, 2.75) is 6.42 Å². The van der Waals surface area contributed by atoms with E-state index in [1.807, 2.05) is 12.1 Å². The van der Waals surface area contributed by atoms with Gasteiger partial charge >= 0.3 is 0 Å². The van der Waals surface area contributed by atoms with Crippen molar-refractivity contribution < 1.29 is 4.79 Å². The molecule has 20 heavy (non-hydrogen) atoms. The van der Waals surface area contributed by atoms with E-state index in [9.17, 15) is 4.79 Å². The van der Waals surface area contributed by atoms with Gasteiger partial charge in [-0.25, -0.2) is 0 Å². The lowest BCUT2D eigenvalue weighted by atomic mass is 10.1. The van der Waals surface area contributed by atoms with Crippen LogP contribution in [0.1, 0.15) is 15.2 Å². The van der Waals surface area contributed by atoms with Crippen LogP contribution >= 0.6 is 38.9 Å². The first-order valence-corrected chi connectivity index (χ1v) is 7.87. The summed E-state index contributed by atoms with van der Waals surface area (Å²) in [6.07, 6.45) is 0.786. The summed E-state index contributed by atoms with van der Waals surface area (Å²) in [5, 5.41) is 3.35. The van der Waals surface area contributed by atoms with Crippen LogP contribution in [0.4, 0.5) is 5.69 Å². The van der Waals surface area contributed by atoms with E-state index < -0.39 is 0 Å². The normalized spacial score (nSPS) is 10.3. The van der Waals surface area contributed by atoms with Crippen molar-refractivity contribution in [3.8, 4) is 0 Å². The SMILES string of the molecule is NNc1ccc(Cl)cc1C(=O)NCCc1ccc(Br)s1. The molecule has 1 aromatic carbocycles. The van der Waals surface area contributed by atoms with Crippen LogP contribution in [0.25, 0.3) is 0 Å². The third kappa shape index (κ3) is 3.96. The fourth-order valence-electron chi connectivity index (χ4n) is 1.71. The summed E-state index contributed by atoms with van der Waals surface area (Å²) in [5.74, 6) is 5.19. The zero-order chi connectivity index (χ0) is 14.5. The number of nitrogens with two attached hydrogens (primary N) is 1. The van der Waals surface area contributed by atoms with E-state index in [2.05, 4.69) is 26.7 Å². The average molecular weight is 375 g/mol. The predicted molar refractivity (Wildman–Crippen MR) is 87.3 cm³/mol. The Morgan fingerprint density at radius 3 is 2.80 bits per heavy atom. The Bertz CT molecular complexity index is 617. The molecule has 0 unspecified atom stereocenters. The topological polar surface area (TPSA) is 67.1 Å². The zero-order valence-corrected chi connectivity index (χ0v) is 13.6. The van der Waals surface area contributed by atoms with E-state index >= 15 is 0 Å². The Balaban J connectivity index is 1.96. The van der Waals surface area contributed by atoms with Gasteiger partial charge in [-0.2, -0.15) is 0 Å². The molecule has 2 aromatic rings. The largest absolute Gasteiger partial charge is 0.352 e. The summed E-state index contributed by atoms with van der Waals surface area (Å²) >= 11 is 11.0. The van der Waals surface area contributed by atoms with Crippen molar-refractivity contribution in [2.24, 2.45) is 5.84 Å². The minimum Gasteiger partial charge on any atom is -0.352 e. The number of rotatable bonds is 5. The van der Waals surface area contributed by atoms with Crippen molar-refractivity contribution in [1.82, 2.24) is 5.32 Å². The molecule has 7 heteroatoms. The molecular formula is C13H13BrClN3OS. The third-order valence-corrected chi connectivity index (χ3v) is 4.59. The number of carbonyl (C=O) groups is 1. The van der Waals surface area contributed by atoms with E-state index in [0.29, 0.717) is 22.8 Å². The second-order valence-corrected chi connectivity index (χ2v) is 7.03. The van der Waals surface area contributed by atoms with Crippen molar-refractivity contribution in [2.75, 3.05) is 12.0 Å². The summed E-state index contributed by atoms with van der Waals surface area (Å²) < 4.78 is 1.09. The summed E-state index contributed by atoms with van der Waals surface area (Å²) in [6, 6.07) is 8.97. The Labute approximate surface area is 134 Å². The molecule has 0 saturated carbocycles. The quantitative estimate of drug-likeness (QED) is 0.555. The number of hydrogen-bond donors (Lipinski definition) is 3. The lowest BCUT2D eigenvalue weighted by Crippen LogP contribution is -2.27. The van der Waals surface area contributed by atoms with Crippen LogP contribution in [0.5, 0.6) is 0 Å². The van der Waals surface area contributed by atoms with E-state index in [1.165, 1.54) is 4.88 Å². The number of nitrogens with one attached hydrogen (secondary N) is 2. The van der Waals surface area contributed by atoms with E-state index in [-0.39, 0.29) is 5.91 Å². The fourth-order valence-corrected chi connectivity index (χ4v) is 3.37. The van der Waals surface area contributed by atoms with Gasteiger partial charge in [-0.05, 0) is 52.7 Å². The third-order valence-electron chi connectivity index (χ3n) is 2.67. The minimum absolute atomic E-state index is 0.198. The van der Waals surface area contributed by atoms with E-state index in [1.54, 1.807) is 29.5 Å². The van der Waals surface area contributed by atoms with Crippen LogP contribution in [0.2, 0.25) is 5.02 Å². The van der Waals surface area contributed by atoms with Crippen molar-refractivity contribution in [3.63, 3.8) is 0 Å². The number of benzene rings is 1. The second-order valence-electron chi connectivity index (χ2n) is 4.05. The molecule has 0 radical (unpaired) electrons. The molecule has 2 rings (SSSR count). The summed E-state index contributed by atoms with van der Waals surface area (Å²) in [5.41, 5.74) is 3.48. The predicted octanol–water partition coefficient (Wildman–Crippen LogP) is 3.42. The Hall–Kier alpha value is -1.08. The van der Waals surface area contributed by atoms with Gasteiger partial charge < -0.3 is 10.7 Å². The molecule has 0 bridgehead atoms. The number of thiophene rings is 1. The van der Waals surface area contributed by atoms with E-state index in [4.69, 9.17) is 17.4 Å². The Kier molecular flexibility index (Phi) is 5.42. The van der Waals surface area contributed by atoms with Crippen LogP contribution in [0.15, 0.2) is 34.1 Å². The van der Waals surface area contributed by atoms with Gasteiger partial charge in [0, 0.05) is 16.4 Å². The van der Waals surface area contributed by atoms with Crippen molar-refractivity contribution in [3.05, 3.63) is 49.6 Å². The van der Waals surface area contributed by atoms with Crippen LogP contribution in [-0.4, -0.2) is 12.5 Å². The maximum Gasteiger partial charge on any atom is 0.253 e. The number of nitrogen functional groups attached to an aromatic ring is 1. The molecular weight excluding hydrogens is 362 g/mol. The zero-order valence-electron chi connectivity index (χ0n) is 10.5. The summed E-state index contributed by atoms with van der Waals surface area (Å²) in [6.45, 7) is 0.558. The molecule has 106 valence electrons. The van der Waals surface area contributed by atoms with Gasteiger partial charge in [0.25, 0.3) is 5.91 Å². The Morgan fingerprint density at radius 2 is 2.15 bits per heavy atom. The van der Waals surface area contributed by atoms with Crippen LogP contribution in [0.3, 0.4) is 0 Å². The molecule has 0 aliphatic heterocycles. The van der Waals surface area contributed by atoms with Crippen molar-refractivity contribution >= 4 is 50.5 Å². The van der Waals surface area contributed by atoms with Gasteiger partial charge in [-0.3, -0.25) is 10.6 Å². The molecule has 4 nitrogen and oxygen atoms in total. The van der Waals surface area contributed by atoms with Gasteiger partial charge in [0.2, 0.25) is 0 Å². The first kappa shape index (κ1) is 15.3. The number of hydrogen-bond acceptors (Lipinski definition) is 4. The second kappa shape index (κ2) is 7.08. The molecule has 1 amide bonds. The summed E-state index contributed by atoms with van der Waals surface area (Å²) in [4.78, 5) is 13.3. The molecule has 0 aliphatic rings. The lowest BCUT2D eigenvalue weighted by Gasteiger charge is -2.09. The number of amides is 1. The molecule has 1 heterocycles. The number of hydrazine groups is 1. The highest BCUT2D eigenvalue weighted by molar-refractivity contribution is 9.11. The van der Waals surface area contributed by atoms with Crippen LogP contribution in [-0.2, 0) is 6.42 Å². The molecule has 1 aromatic heterocycles. The van der Waals surface area contributed by atoms with Gasteiger partial charge in [0.15, 0.2) is 0 Å². The monoisotopic (exact) mass is 373 g/mol. The van der Waals surface area contributed by atoms with Gasteiger partial charge in [0.05, 0.1) is 15.0 Å². The first-order chi connectivity index (χ1) is 9.60. The van der Waals surface area contributed by atoms with Crippen LogP contribution in [0, 0.1) is 0 Å². The molecule has 0 spiro atoms. The number of halogens is 2. The summed E-state index contributed by atoms with van der Waals surface area (Å²) in [7, 11) is 0. The first-order valence-electron chi connectivity index (χ1n) is 5.88. The molecule has 4 N–H and O–H groups in total. The van der Waals surface area contributed by atoms with Crippen LogP contribution < -0.4 is 16.6 Å². The number of anilines is 1. The maximum absolute atomic E-state index is 12.1. The van der Waals surface area contributed by atoms with Gasteiger partial charge in [0.1, 0.15) is 0 Å². The van der Waals surface area contributed by atoms with Gasteiger partial charge in [-0.1, -0.05) is 11.6 Å². The smallest absolute Gasteiger partial charge is 0.253 e. The van der Waals surface area contributed by atoms with Gasteiger partial charge in [-0.15, -0.1) is 11.3 Å². The molecule has 0 aliphatic carbocycles. The number of carbonyl (C=O) groups excluding carboxylic acids is 1. The maximum atomic E-state index is 12.1. The highest BCUT2D eigenvalue weighted by atomic mass is 79.9. The Morgan fingerprint density at radius 1 is 1.35 bits per heavy atom. The lowest BCUT2D eigenvalue weighted by molar-refractivity contribution is 0.0955. The average Bonchev–Trinajstić information content (AvgIpc) is 2.84. The highest BCUT2D eigenvalue weighted by Crippen LogP contribution is 2.22. The van der Waals surface area contributed by atoms with Crippen molar-refractivity contribution in [1.29, 1.82) is 0 Å². The molecule has 0 fully saturated rings. The fraction of sp³-hybridized carbons (Fsp3) is 0.154.